The molecule has 2 rings (SSSR count). The second kappa shape index (κ2) is 6.99. The molecule has 1 aromatic carbocycles. The number of rotatable bonds is 5. The van der Waals surface area contributed by atoms with Gasteiger partial charge in [0.05, 0.1) is 0 Å². The summed E-state index contributed by atoms with van der Waals surface area (Å²) >= 11 is 5.70. The molecule has 7 heteroatoms. The lowest BCUT2D eigenvalue weighted by atomic mass is 10.2. The predicted octanol–water partition coefficient (Wildman–Crippen LogP) is 3.27. The Balaban J connectivity index is 1.92. The summed E-state index contributed by atoms with van der Waals surface area (Å²) in [4.78, 5) is 15.6. The molecule has 0 aliphatic rings. The topological polar surface area (TPSA) is 51.2 Å². The Kier molecular flexibility index (Phi) is 5.05. The highest BCUT2D eigenvalue weighted by Crippen LogP contribution is 2.15. The lowest BCUT2D eigenvalue weighted by molar-refractivity contribution is -0.0498. The van der Waals surface area contributed by atoms with E-state index in [1.54, 1.807) is 18.2 Å². The largest absolute Gasteiger partial charge is 0.435 e. The number of benzene rings is 1. The summed E-state index contributed by atoms with van der Waals surface area (Å²) in [6.45, 7) is -2.60. The maximum absolute atomic E-state index is 12.0. The number of hydrogen-bond acceptors (Lipinski definition) is 3. The van der Waals surface area contributed by atoms with E-state index in [0.717, 1.165) is 5.56 Å². The van der Waals surface area contributed by atoms with Gasteiger partial charge < -0.3 is 10.1 Å². The molecule has 0 aliphatic heterocycles. The zero-order valence-electron chi connectivity index (χ0n) is 10.7. The highest BCUT2D eigenvalue weighted by atomic mass is 35.5. The van der Waals surface area contributed by atoms with Crippen LogP contribution in [-0.4, -0.2) is 17.5 Å². The molecule has 0 saturated carbocycles. The summed E-state index contributed by atoms with van der Waals surface area (Å²) in [5.41, 5.74) is 1.15. The first-order chi connectivity index (χ1) is 10.0. The Bertz CT molecular complexity index is 621. The van der Waals surface area contributed by atoms with Crippen LogP contribution in [0.5, 0.6) is 5.75 Å². The van der Waals surface area contributed by atoms with Gasteiger partial charge in [-0.1, -0.05) is 23.7 Å². The number of ether oxygens (including phenoxy) is 1. The average Bonchev–Trinajstić information content (AvgIpc) is 2.45. The third-order valence-corrected chi connectivity index (χ3v) is 2.80. The van der Waals surface area contributed by atoms with E-state index < -0.39 is 6.61 Å². The van der Waals surface area contributed by atoms with Crippen LogP contribution in [0.2, 0.25) is 5.15 Å². The van der Waals surface area contributed by atoms with Gasteiger partial charge in [0.25, 0.3) is 5.91 Å². The minimum Gasteiger partial charge on any atom is -0.435 e. The Labute approximate surface area is 124 Å². The van der Waals surface area contributed by atoms with Crippen molar-refractivity contribution in [1.82, 2.24) is 10.3 Å². The standard InChI is InChI=1S/C14H11ClF2N2O2/c15-12-7-10(5-6-18-12)13(20)19-8-9-1-3-11(4-2-9)21-14(16)17/h1-7,14H,8H2,(H,19,20). The van der Waals surface area contributed by atoms with Gasteiger partial charge in [-0.3, -0.25) is 4.79 Å². The normalized spacial score (nSPS) is 10.5. The van der Waals surface area contributed by atoms with Crippen molar-refractivity contribution < 1.29 is 18.3 Å². The summed E-state index contributed by atoms with van der Waals surface area (Å²) in [6.07, 6.45) is 1.44. The van der Waals surface area contributed by atoms with Gasteiger partial charge in [-0.25, -0.2) is 4.98 Å². The molecule has 21 heavy (non-hydrogen) atoms. The smallest absolute Gasteiger partial charge is 0.387 e. The van der Waals surface area contributed by atoms with E-state index in [-0.39, 0.29) is 23.4 Å². The quantitative estimate of drug-likeness (QED) is 0.862. The molecular formula is C14H11ClF2N2O2. The molecule has 0 saturated heterocycles. The number of amides is 1. The zero-order valence-corrected chi connectivity index (χ0v) is 11.5. The van der Waals surface area contributed by atoms with Crippen LogP contribution < -0.4 is 10.1 Å². The van der Waals surface area contributed by atoms with E-state index in [2.05, 4.69) is 15.0 Å². The van der Waals surface area contributed by atoms with Gasteiger partial charge in [-0.2, -0.15) is 8.78 Å². The van der Waals surface area contributed by atoms with Crippen LogP contribution in [0.4, 0.5) is 8.78 Å². The fraction of sp³-hybridized carbons (Fsp3) is 0.143. The van der Waals surface area contributed by atoms with Gasteiger partial charge in [0.2, 0.25) is 0 Å². The molecule has 110 valence electrons. The fourth-order valence-corrected chi connectivity index (χ4v) is 1.79. The second-order valence-corrected chi connectivity index (χ2v) is 4.46. The van der Waals surface area contributed by atoms with Crippen molar-refractivity contribution >= 4 is 17.5 Å². The number of carbonyl (C=O) groups is 1. The molecule has 1 aromatic heterocycles. The molecule has 0 radical (unpaired) electrons. The Morgan fingerprint density at radius 3 is 2.62 bits per heavy atom. The third-order valence-electron chi connectivity index (χ3n) is 2.59. The maximum Gasteiger partial charge on any atom is 0.387 e. The summed E-state index contributed by atoms with van der Waals surface area (Å²) in [5.74, 6) is -0.229. The number of nitrogens with one attached hydrogen (secondary N) is 1. The first-order valence-electron chi connectivity index (χ1n) is 5.98. The van der Waals surface area contributed by atoms with Gasteiger partial charge in [0.1, 0.15) is 10.9 Å². The molecule has 0 fully saturated rings. The molecule has 2 aromatic rings. The predicted molar refractivity (Wildman–Crippen MR) is 73.5 cm³/mol. The maximum atomic E-state index is 12.0. The van der Waals surface area contributed by atoms with Crippen molar-refractivity contribution in [3.05, 3.63) is 58.9 Å². The first kappa shape index (κ1) is 15.2. The summed E-state index contributed by atoms with van der Waals surface area (Å²) < 4.78 is 28.2. The molecule has 1 N–H and O–H groups in total. The molecule has 0 spiro atoms. The Morgan fingerprint density at radius 2 is 2.00 bits per heavy atom. The molecule has 1 heterocycles. The monoisotopic (exact) mass is 312 g/mol. The Morgan fingerprint density at radius 1 is 1.29 bits per heavy atom. The van der Waals surface area contributed by atoms with Gasteiger partial charge in [0, 0.05) is 18.3 Å². The molecular weight excluding hydrogens is 302 g/mol. The van der Waals surface area contributed by atoms with Crippen molar-refractivity contribution in [3.63, 3.8) is 0 Å². The SMILES string of the molecule is O=C(NCc1ccc(OC(F)F)cc1)c1ccnc(Cl)c1. The van der Waals surface area contributed by atoms with Crippen LogP contribution in [0.25, 0.3) is 0 Å². The van der Waals surface area contributed by atoms with Crippen LogP contribution >= 0.6 is 11.6 Å². The number of halogens is 3. The van der Waals surface area contributed by atoms with Crippen molar-refractivity contribution in [1.29, 1.82) is 0 Å². The highest BCUT2D eigenvalue weighted by Gasteiger charge is 2.07. The lowest BCUT2D eigenvalue weighted by Gasteiger charge is -2.07. The molecule has 0 bridgehead atoms. The van der Waals surface area contributed by atoms with Crippen LogP contribution in [0.1, 0.15) is 15.9 Å². The van der Waals surface area contributed by atoms with Gasteiger partial charge in [0.15, 0.2) is 0 Å². The van der Waals surface area contributed by atoms with Crippen molar-refractivity contribution in [2.24, 2.45) is 0 Å². The first-order valence-corrected chi connectivity index (χ1v) is 6.36. The van der Waals surface area contributed by atoms with E-state index in [9.17, 15) is 13.6 Å². The van der Waals surface area contributed by atoms with Gasteiger partial charge >= 0.3 is 6.61 Å². The van der Waals surface area contributed by atoms with Crippen LogP contribution in [-0.2, 0) is 6.54 Å². The fourth-order valence-electron chi connectivity index (χ4n) is 1.62. The molecule has 0 unspecified atom stereocenters. The molecule has 1 amide bonds. The van der Waals surface area contributed by atoms with Crippen LogP contribution in [0.3, 0.4) is 0 Å². The van der Waals surface area contributed by atoms with Gasteiger partial charge in [-0.05, 0) is 29.8 Å². The number of aromatic nitrogens is 1. The van der Waals surface area contributed by atoms with E-state index in [4.69, 9.17) is 11.6 Å². The molecule has 0 atom stereocenters. The lowest BCUT2D eigenvalue weighted by Crippen LogP contribution is -2.22. The minimum absolute atomic E-state index is 0.0704. The van der Waals surface area contributed by atoms with Crippen molar-refractivity contribution in [2.75, 3.05) is 0 Å². The highest BCUT2D eigenvalue weighted by molar-refractivity contribution is 6.29. The number of pyridine rings is 1. The second-order valence-electron chi connectivity index (χ2n) is 4.07. The zero-order chi connectivity index (χ0) is 15.2. The Hall–Kier alpha value is -2.21. The summed E-state index contributed by atoms with van der Waals surface area (Å²) in [7, 11) is 0. The number of nitrogens with zero attached hydrogens (tertiary/aromatic N) is 1. The van der Waals surface area contributed by atoms with Crippen molar-refractivity contribution in [2.45, 2.75) is 13.2 Å². The number of alkyl halides is 2. The van der Waals surface area contributed by atoms with E-state index in [1.165, 1.54) is 24.4 Å². The third kappa shape index (κ3) is 4.68. The average molecular weight is 313 g/mol. The van der Waals surface area contributed by atoms with Crippen molar-refractivity contribution in [3.8, 4) is 5.75 Å². The number of hydrogen-bond donors (Lipinski definition) is 1. The summed E-state index contributed by atoms with van der Waals surface area (Å²) in [5, 5.41) is 2.92. The van der Waals surface area contributed by atoms with Crippen LogP contribution in [0.15, 0.2) is 42.6 Å². The molecule has 4 nitrogen and oxygen atoms in total. The minimum atomic E-state index is -2.85. The van der Waals surface area contributed by atoms with E-state index >= 15 is 0 Å². The van der Waals surface area contributed by atoms with Crippen LogP contribution in [0, 0.1) is 0 Å². The van der Waals surface area contributed by atoms with E-state index in [1.807, 2.05) is 0 Å². The number of carbonyl (C=O) groups excluding carboxylic acids is 1. The summed E-state index contributed by atoms with van der Waals surface area (Å²) in [6, 6.07) is 9.01. The van der Waals surface area contributed by atoms with E-state index in [0.29, 0.717) is 5.56 Å². The van der Waals surface area contributed by atoms with Gasteiger partial charge in [-0.15, -0.1) is 0 Å². The molecule has 0 aliphatic carbocycles.